The van der Waals surface area contributed by atoms with Crippen molar-refractivity contribution in [3.63, 3.8) is 0 Å². The van der Waals surface area contributed by atoms with E-state index in [1.807, 2.05) is 20.1 Å². The first-order chi connectivity index (χ1) is 7.56. The lowest BCUT2D eigenvalue weighted by Gasteiger charge is -2.10. The van der Waals surface area contributed by atoms with Gasteiger partial charge >= 0.3 is 5.97 Å². The zero-order chi connectivity index (χ0) is 12.1. The number of hydrogen-bond acceptors (Lipinski definition) is 5. The lowest BCUT2D eigenvalue weighted by molar-refractivity contribution is -0.278. The summed E-state index contributed by atoms with van der Waals surface area (Å²) in [6.45, 7) is 5.48. The number of thioether (sulfide) groups is 1. The van der Waals surface area contributed by atoms with E-state index >= 15 is 0 Å². The Hall–Kier alpha value is -1.07. The van der Waals surface area contributed by atoms with Crippen LogP contribution in [0.25, 0.3) is 0 Å². The fraction of sp³-hybridized carbons (Fsp3) is 0.455. The third kappa shape index (κ3) is 3.21. The van der Waals surface area contributed by atoms with Crippen molar-refractivity contribution in [2.45, 2.75) is 32.3 Å². The normalized spacial score (nSPS) is 10.2. The smallest absolute Gasteiger partial charge is 0.298 e. The summed E-state index contributed by atoms with van der Waals surface area (Å²) in [4.78, 5) is 25.2. The first-order valence-electron chi connectivity index (χ1n) is 4.85. The maximum Gasteiger partial charge on any atom is 0.339 e. The molecular weight excluding hydrogens is 226 g/mol. The highest BCUT2D eigenvalue weighted by molar-refractivity contribution is 7.98. The van der Waals surface area contributed by atoms with Gasteiger partial charge in [0.15, 0.2) is 0 Å². The van der Waals surface area contributed by atoms with Crippen molar-refractivity contribution < 1.29 is 14.6 Å². The number of aromatic nitrogens is 1. The van der Waals surface area contributed by atoms with Gasteiger partial charge < -0.3 is 0 Å². The lowest BCUT2D eigenvalue weighted by Crippen LogP contribution is -2.04. The summed E-state index contributed by atoms with van der Waals surface area (Å²) in [5.41, 5.74) is 3.00. The summed E-state index contributed by atoms with van der Waals surface area (Å²) in [5.74, 6) is -0.463. The Kier molecular flexibility index (Phi) is 4.76. The van der Waals surface area contributed by atoms with E-state index in [1.54, 1.807) is 18.0 Å². The first-order valence-corrected chi connectivity index (χ1v) is 6.07. The minimum absolute atomic E-state index is 0.180. The average Bonchev–Trinajstić information content (AvgIpc) is 2.22. The summed E-state index contributed by atoms with van der Waals surface area (Å²) in [5, 5.41) is 0. The lowest BCUT2D eigenvalue weighted by atomic mass is 10.2. The highest BCUT2D eigenvalue weighted by atomic mass is 32.2. The minimum Gasteiger partial charge on any atom is -0.298 e. The van der Waals surface area contributed by atoms with Crippen LogP contribution >= 0.6 is 11.8 Å². The SMILES string of the molecule is CSc1c(C)cnc(COOC(C)=O)c1C. The number of pyridine rings is 1. The molecule has 0 saturated carbocycles. The quantitative estimate of drug-likeness (QED) is 0.460. The maximum atomic E-state index is 10.5. The number of carbonyl (C=O) groups is 1. The van der Waals surface area contributed by atoms with E-state index in [-0.39, 0.29) is 6.61 Å². The molecular formula is C11H15NO3S. The molecule has 0 aliphatic carbocycles. The van der Waals surface area contributed by atoms with E-state index in [0.29, 0.717) is 0 Å². The molecule has 16 heavy (non-hydrogen) atoms. The largest absolute Gasteiger partial charge is 0.339 e. The van der Waals surface area contributed by atoms with E-state index in [4.69, 9.17) is 4.89 Å². The predicted molar refractivity (Wildman–Crippen MR) is 62.0 cm³/mol. The summed E-state index contributed by atoms with van der Waals surface area (Å²) in [6.07, 6.45) is 3.82. The predicted octanol–water partition coefficient (Wildman–Crippen LogP) is 2.42. The van der Waals surface area contributed by atoms with Crippen LogP contribution in [0.3, 0.4) is 0 Å². The Bertz CT molecular complexity index is 393. The van der Waals surface area contributed by atoms with Gasteiger partial charge in [0.2, 0.25) is 0 Å². The topological polar surface area (TPSA) is 48.4 Å². The molecule has 0 atom stereocenters. The maximum absolute atomic E-state index is 10.5. The molecule has 0 bridgehead atoms. The number of aryl methyl sites for hydroxylation is 1. The van der Waals surface area contributed by atoms with Crippen molar-refractivity contribution in [2.75, 3.05) is 6.26 Å². The first kappa shape index (κ1) is 13.0. The molecule has 1 aromatic heterocycles. The second kappa shape index (κ2) is 5.86. The summed E-state index contributed by atoms with van der Waals surface area (Å²) in [6, 6.07) is 0. The fourth-order valence-electron chi connectivity index (χ4n) is 1.38. The molecule has 0 amide bonds. The van der Waals surface area contributed by atoms with Crippen LogP contribution in [0.4, 0.5) is 0 Å². The summed E-state index contributed by atoms with van der Waals surface area (Å²) >= 11 is 1.67. The van der Waals surface area contributed by atoms with Crippen LogP contribution in [0.1, 0.15) is 23.7 Å². The van der Waals surface area contributed by atoms with Crippen molar-refractivity contribution in [1.82, 2.24) is 4.98 Å². The van der Waals surface area contributed by atoms with E-state index in [9.17, 15) is 4.79 Å². The third-order valence-corrected chi connectivity index (χ3v) is 3.16. The highest BCUT2D eigenvalue weighted by Crippen LogP contribution is 2.25. The van der Waals surface area contributed by atoms with E-state index < -0.39 is 5.97 Å². The van der Waals surface area contributed by atoms with Crippen LogP contribution in [0, 0.1) is 13.8 Å². The highest BCUT2D eigenvalue weighted by Gasteiger charge is 2.09. The Morgan fingerprint density at radius 1 is 1.50 bits per heavy atom. The molecule has 1 heterocycles. The van der Waals surface area contributed by atoms with Gasteiger partial charge in [-0.1, -0.05) is 0 Å². The van der Waals surface area contributed by atoms with Crippen molar-refractivity contribution in [2.24, 2.45) is 0 Å². The standard InChI is InChI=1S/C11H15NO3S/c1-7-5-12-10(6-14-15-9(3)13)8(2)11(7)16-4/h5H,6H2,1-4H3. The van der Waals surface area contributed by atoms with Crippen molar-refractivity contribution >= 4 is 17.7 Å². The van der Waals surface area contributed by atoms with Crippen LogP contribution < -0.4 is 0 Å². The van der Waals surface area contributed by atoms with Gasteiger partial charge in [-0.3, -0.25) is 9.87 Å². The van der Waals surface area contributed by atoms with Crippen LogP contribution in [-0.4, -0.2) is 17.2 Å². The van der Waals surface area contributed by atoms with Gasteiger partial charge in [0, 0.05) is 18.0 Å². The van der Waals surface area contributed by atoms with Gasteiger partial charge in [0.25, 0.3) is 0 Å². The van der Waals surface area contributed by atoms with Gasteiger partial charge in [-0.2, -0.15) is 4.89 Å². The van der Waals surface area contributed by atoms with Crippen LogP contribution in [0.15, 0.2) is 11.1 Å². The average molecular weight is 241 g/mol. The Morgan fingerprint density at radius 3 is 2.75 bits per heavy atom. The van der Waals surface area contributed by atoms with Gasteiger partial charge in [0.05, 0.1) is 5.69 Å². The Morgan fingerprint density at radius 2 is 2.19 bits per heavy atom. The fourth-order valence-corrected chi connectivity index (χ4v) is 2.18. The third-order valence-electron chi connectivity index (χ3n) is 2.12. The van der Waals surface area contributed by atoms with E-state index in [0.717, 1.165) is 16.8 Å². The van der Waals surface area contributed by atoms with Crippen molar-refractivity contribution in [1.29, 1.82) is 0 Å². The van der Waals surface area contributed by atoms with Crippen LogP contribution in [0.2, 0.25) is 0 Å². The Balaban J connectivity index is 2.77. The van der Waals surface area contributed by atoms with Gasteiger partial charge in [-0.25, -0.2) is 4.79 Å². The van der Waals surface area contributed by atoms with Gasteiger partial charge in [0.1, 0.15) is 6.61 Å². The molecule has 1 aromatic rings. The summed E-state index contributed by atoms with van der Waals surface area (Å²) < 4.78 is 0. The molecule has 0 N–H and O–H groups in total. The second-order valence-corrected chi connectivity index (χ2v) is 4.20. The number of nitrogens with zero attached hydrogens (tertiary/aromatic N) is 1. The molecule has 0 radical (unpaired) electrons. The molecule has 0 aliphatic rings. The number of carbonyl (C=O) groups excluding carboxylic acids is 1. The van der Waals surface area contributed by atoms with Crippen LogP contribution in [-0.2, 0) is 21.2 Å². The van der Waals surface area contributed by atoms with E-state index in [1.165, 1.54) is 11.8 Å². The monoisotopic (exact) mass is 241 g/mol. The van der Waals surface area contributed by atoms with Crippen LogP contribution in [0.5, 0.6) is 0 Å². The molecule has 88 valence electrons. The number of rotatable bonds is 4. The van der Waals surface area contributed by atoms with Gasteiger partial charge in [-0.15, -0.1) is 11.8 Å². The molecule has 0 unspecified atom stereocenters. The second-order valence-electron chi connectivity index (χ2n) is 3.38. The zero-order valence-corrected chi connectivity index (χ0v) is 10.7. The molecule has 0 aliphatic heterocycles. The van der Waals surface area contributed by atoms with Gasteiger partial charge in [-0.05, 0) is 31.2 Å². The van der Waals surface area contributed by atoms with E-state index in [2.05, 4.69) is 9.87 Å². The molecule has 4 nitrogen and oxygen atoms in total. The molecule has 0 aromatic carbocycles. The molecule has 1 rings (SSSR count). The molecule has 5 heteroatoms. The molecule has 0 fully saturated rings. The van der Waals surface area contributed by atoms with Crippen molar-refractivity contribution in [3.05, 3.63) is 23.0 Å². The molecule has 0 saturated heterocycles. The van der Waals surface area contributed by atoms with Crippen molar-refractivity contribution in [3.8, 4) is 0 Å². The summed E-state index contributed by atoms with van der Waals surface area (Å²) in [7, 11) is 0. The minimum atomic E-state index is -0.463. The molecule has 0 spiro atoms. The number of hydrogen-bond donors (Lipinski definition) is 0. The zero-order valence-electron chi connectivity index (χ0n) is 9.86. The Labute approximate surface area is 99.3 Å².